The van der Waals surface area contributed by atoms with Gasteiger partial charge in [-0.1, -0.05) is 0 Å². The topological polar surface area (TPSA) is 67.9 Å². The number of carbonyl (C=O) groups is 1. The predicted octanol–water partition coefficient (Wildman–Crippen LogP) is 1.03. The van der Waals surface area contributed by atoms with Gasteiger partial charge in [-0.05, 0) is 0 Å². The summed E-state index contributed by atoms with van der Waals surface area (Å²) in [6.07, 6.45) is -5.22. The van der Waals surface area contributed by atoms with Gasteiger partial charge in [0.1, 0.15) is 5.69 Å². The Morgan fingerprint density at radius 3 is 2.62 bits per heavy atom. The van der Waals surface area contributed by atoms with Gasteiger partial charge in [0.05, 0.1) is 13.5 Å². The average Bonchev–Trinajstić information content (AvgIpc) is 2.63. The fourth-order valence-corrected chi connectivity index (χ4v) is 0.937. The third-order valence-corrected chi connectivity index (χ3v) is 1.72. The lowest BCUT2D eigenvalue weighted by Gasteiger charge is -2.13. The van der Waals surface area contributed by atoms with Crippen LogP contribution in [-0.2, 0) is 11.2 Å². The number of halogens is 4. The number of methoxy groups -OCH3 is 1. The monoisotopic (exact) mass is 241 g/mol. The largest absolute Gasteiger partial charge is 0.464 e. The Morgan fingerprint density at radius 2 is 2.12 bits per heavy atom. The first kappa shape index (κ1) is 12.4. The molecule has 1 N–H and O–H groups in total. The van der Waals surface area contributed by atoms with E-state index in [9.17, 15) is 22.4 Å². The summed E-state index contributed by atoms with van der Waals surface area (Å²) in [4.78, 5) is 11.0. The van der Waals surface area contributed by atoms with Crippen LogP contribution in [-0.4, -0.2) is 40.8 Å². The van der Waals surface area contributed by atoms with Gasteiger partial charge in [-0.3, -0.25) is 0 Å². The summed E-state index contributed by atoms with van der Waals surface area (Å²) in [6, 6.07) is 0. The minimum Gasteiger partial charge on any atom is -0.464 e. The van der Waals surface area contributed by atoms with E-state index in [1.807, 2.05) is 5.21 Å². The number of hydrogen-bond acceptors (Lipinski definition) is 4. The lowest BCUT2D eigenvalue weighted by atomic mass is 10.1. The molecule has 1 heterocycles. The molecule has 0 atom stereocenters. The molecule has 0 bridgehead atoms. The minimum atomic E-state index is -4.26. The first-order valence-electron chi connectivity index (χ1n) is 4.02. The number of rotatable bonds is 4. The lowest BCUT2D eigenvalue weighted by Crippen LogP contribution is -2.30. The van der Waals surface area contributed by atoms with Crippen LogP contribution in [0.2, 0.25) is 0 Å². The van der Waals surface area contributed by atoms with E-state index in [-0.39, 0.29) is 0 Å². The Balaban J connectivity index is 2.90. The van der Waals surface area contributed by atoms with Crippen LogP contribution < -0.4 is 0 Å². The molecule has 1 aromatic heterocycles. The summed E-state index contributed by atoms with van der Waals surface area (Å²) >= 11 is 0. The van der Waals surface area contributed by atoms with Gasteiger partial charge in [0.2, 0.25) is 0 Å². The molecule has 0 fully saturated rings. The fraction of sp³-hybridized carbons (Fsp3) is 0.571. The number of aromatic nitrogens is 3. The molecule has 0 spiro atoms. The van der Waals surface area contributed by atoms with Gasteiger partial charge < -0.3 is 4.74 Å². The molecule has 1 rings (SSSR count). The first-order valence-corrected chi connectivity index (χ1v) is 4.02. The molecular weight excluding hydrogens is 234 g/mol. The highest BCUT2D eigenvalue weighted by molar-refractivity contribution is 5.88. The Bertz CT molecular complexity index is 379. The summed E-state index contributed by atoms with van der Waals surface area (Å²) in [5.74, 6) is -5.28. The van der Waals surface area contributed by atoms with Crippen molar-refractivity contribution < 1.29 is 27.1 Å². The Labute approximate surface area is 86.8 Å². The Kier molecular flexibility index (Phi) is 3.45. The maximum Gasteiger partial charge on any atom is 0.360 e. The van der Waals surface area contributed by atoms with Gasteiger partial charge in [0, 0.05) is 0 Å². The second-order valence-electron chi connectivity index (χ2n) is 2.85. The van der Waals surface area contributed by atoms with Gasteiger partial charge in [-0.25, -0.2) is 13.6 Å². The van der Waals surface area contributed by atoms with Crippen molar-refractivity contribution in [2.24, 2.45) is 0 Å². The molecule has 0 aliphatic rings. The van der Waals surface area contributed by atoms with E-state index in [4.69, 9.17) is 0 Å². The van der Waals surface area contributed by atoms with Crippen molar-refractivity contribution in [3.63, 3.8) is 0 Å². The smallest absolute Gasteiger partial charge is 0.360 e. The molecular formula is C7H7F4N3O2. The maximum absolute atomic E-state index is 12.7. The van der Waals surface area contributed by atoms with Crippen molar-refractivity contribution in [3.8, 4) is 0 Å². The van der Waals surface area contributed by atoms with Crippen LogP contribution >= 0.6 is 0 Å². The fourth-order valence-electron chi connectivity index (χ4n) is 0.937. The SMILES string of the molecule is COC(=O)c1n[nH]nc1CC(F)(F)C(F)F. The van der Waals surface area contributed by atoms with Crippen LogP contribution in [0.1, 0.15) is 16.2 Å². The zero-order valence-corrected chi connectivity index (χ0v) is 8.01. The number of alkyl halides is 4. The normalized spacial score (nSPS) is 11.9. The van der Waals surface area contributed by atoms with Crippen molar-refractivity contribution in [2.75, 3.05) is 7.11 Å². The third-order valence-electron chi connectivity index (χ3n) is 1.72. The van der Waals surface area contributed by atoms with Crippen LogP contribution in [0.5, 0.6) is 0 Å². The number of hydrogen-bond donors (Lipinski definition) is 1. The lowest BCUT2D eigenvalue weighted by molar-refractivity contribution is -0.127. The average molecular weight is 241 g/mol. The molecule has 0 aliphatic heterocycles. The molecule has 5 nitrogen and oxygen atoms in total. The molecule has 0 amide bonds. The van der Waals surface area contributed by atoms with Gasteiger partial charge in [0.25, 0.3) is 0 Å². The highest BCUT2D eigenvalue weighted by Gasteiger charge is 2.42. The van der Waals surface area contributed by atoms with Crippen molar-refractivity contribution in [2.45, 2.75) is 18.8 Å². The van der Waals surface area contributed by atoms with Crippen molar-refractivity contribution in [1.29, 1.82) is 0 Å². The van der Waals surface area contributed by atoms with Gasteiger partial charge in [0.15, 0.2) is 5.69 Å². The van der Waals surface area contributed by atoms with Gasteiger partial charge >= 0.3 is 18.3 Å². The van der Waals surface area contributed by atoms with E-state index >= 15 is 0 Å². The zero-order valence-electron chi connectivity index (χ0n) is 8.01. The second kappa shape index (κ2) is 4.45. The molecule has 0 saturated heterocycles. The maximum atomic E-state index is 12.7. The third kappa shape index (κ3) is 2.47. The van der Waals surface area contributed by atoms with Crippen molar-refractivity contribution in [1.82, 2.24) is 15.4 Å². The summed E-state index contributed by atoms with van der Waals surface area (Å²) < 4.78 is 53.4. The standard InChI is InChI=1S/C7H7F4N3O2/c1-16-5(15)4-3(12-14-13-4)2-7(10,11)6(8)9/h6H,2H2,1H3,(H,12,13,14). The van der Waals surface area contributed by atoms with Crippen LogP contribution in [0, 0.1) is 0 Å². The molecule has 0 aromatic carbocycles. The van der Waals surface area contributed by atoms with E-state index in [0.717, 1.165) is 7.11 Å². The van der Waals surface area contributed by atoms with E-state index in [2.05, 4.69) is 14.9 Å². The summed E-state index contributed by atoms with van der Waals surface area (Å²) in [5, 5.41) is 8.34. The minimum absolute atomic E-state index is 0.525. The number of nitrogens with zero attached hydrogens (tertiary/aromatic N) is 2. The van der Waals surface area contributed by atoms with E-state index in [1.54, 1.807) is 0 Å². The molecule has 0 unspecified atom stereocenters. The van der Waals surface area contributed by atoms with Crippen LogP contribution in [0.4, 0.5) is 17.6 Å². The zero-order chi connectivity index (χ0) is 12.3. The van der Waals surface area contributed by atoms with Gasteiger partial charge in [-0.15, -0.1) is 5.10 Å². The number of nitrogens with one attached hydrogen (secondary N) is 1. The van der Waals surface area contributed by atoms with Crippen LogP contribution in [0.3, 0.4) is 0 Å². The molecule has 0 radical (unpaired) electrons. The van der Waals surface area contributed by atoms with Crippen molar-refractivity contribution >= 4 is 5.97 Å². The summed E-state index contributed by atoms with van der Waals surface area (Å²) in [6.45, 7) is 0. The number of ether oxygens (including phenoxy) is 1. The second-order valence-corrected chi connectivity index (χ2v) is 2.85. The molecule has 0 saturated carbocycles. The van der Waals surface area contributed by atoms with Crippen molar-refractivity contribution in [3.05, 3.63) is 11.4 Å². The highest BCUT2D eigenvalue weighted by Crippen LogP contribution is 2.27. The summed E-state index contributed by atoms with van der Waals surface area (Å²) in [7, 11) is 1.01. The van der Waals surface area contributed by atoms with E-state index in [1.165, 1.54) is 0 Å². The van der Waals surface area contributed by atoms with Gasteiger partial charge in [-0.2, -0.15) is 19.1 Å². The Hall–Kier alpha value is -1.67. The molecule has 90 valence electrons. The number of carbonyl (C=O) groups excluding carboxylic acids is 1. The first-order chi connectivity index (χ1) is 7.38. The predicted molar refractivity (Wildman–Crippen MR) is 42.4 cm³/mol. The number of H-pyrrole nitrogens is 1. The highest BCUT2D eigenvalue weighted by atomic mass is 19.3. The Morgan fingerprint density at radius 1 is 1.50 bits per heavy atom. The molecule has 9 heteroatoms. The number of esters is 1. The van der Waals surface area contributed by atoms with Crippen LogP contribution in [0.25, 0.3) is 0 Å². The molecule has 0 aliphatic carbocycles. The summed E-state index contributed by atoms with van der Waals surface area (Å²) in [5.41, 5.74) is -1.08. The van der Waals surface area contributed by atoms with Crippen LogP contribution in [0.15, 0.2) is 0 Å². The molecule has 1 aromatic rings. The molecule has 16 heavy (non-hydrogen) atoms. The quantitative estimate of drug-likeness (QED) is 0.631. The van der Waals surface area contributed by atoms with E-state index < -0.39 is 36.1 Å². The van der Waals surface area contributed by atoms with E-state index in [0.29, 0.717) is 0 Å². The number of aromatic amines is 1.